The summed E-state index contributed by atoms with van der Waals surface area (Å²) in [5.74, 6) is -0.613. The molecule has 0 fully saturated rings. The molecular formula is C17H19N3O4. The van der Waals surface area contributed by atoms with E-state index < -0.39 is 6.04 Å². The highest BCUT2D eigenvalue weighted by atomic mass is 16.3. The van der Waals surface area contributed by atoms with Gasteiger partial charge in [0, 0.05) is 19.2 Å². The summed E-state index contributed by atoms with van der Waals surface area (Å²) >= 11 is 0. The number of hydrogen-bond acceptors (Lipinski definition) is 4. The van der Waals surface area contributed by atoms with E-state index in [1.54, 1.807) is 43.3 Å². The number of nitrogens with one attached hydrogen (secondary N) is 3. The zero-order chi connectivity index (χ0) is 17.5. The fourth-order valence-corrected chi connectivity index (χ4v) is 2.02. The Labute approximate surface area is 139 Å². The molecule has 7 heteroatoms. The van der Waals surface area contributed by atoms with Gasteiger partial charge in [-0.05, 0) is 36.8 Å². The number of rotatable bonds is 6. The van der Waals surface area contributed by atoms with Crippen molar-refractivity contribution in [2.75, 3.05) is 5.32 Å². The number of hydrogen-bond donors (Lipinski definition) is 3. The van der Waals surface area contributed by atoms with Crippen LogP contribution in [0.1, 0.15) is 30.0 Å². The molecule has 0 aliphatic carbocycles. The number of amides is 3. The highest BCUT2D eigenvalue weighted by Crippen LogP contribution is 2.11. The highest BCUT2D eigenvalue weighted by Gasteiger charge is 2.13. The van der Waals surface area contributed by atoms with E-state index in [0.717, 1.165) is 5.56 Å². The Morgan fingerprint density at radius 1 is 1.12 bits per heavy atom. The summed E-state index contributed by atoms with van der Waals surface area (Å²) in [7, 11) is 0. The van der Waals surface area contributed by atoms with Crippen molar-refractivity contribution in [1.29, 1.82) is 0 Å². The summed E-state index contributed by atoms with van der Waals surface area (Å²) in [6, 6.07) is 9.69. The molecule has 1 heterocycles. The van der Waals surface area contributed by atoms with Gasteiger partial charge in [0.15, 0.2) is 5.76 Å². The summed E-state index contributed by atoms with van der Waals surface area (Å²) in [5, 5.41) is 7.95. The number of carbonyl (C=O) groups excluding carboxylic acids is 3. The second-order valence-corrected chi connectivity index (χ2v) is 5.27. The Bertz CT molecular complexity index is 708. The standard InChI is InChI=1S/C17H19N3O4/c1-11(19-12(2)21)16(22)18-10-13-5-7-14(8-6-13)20-17(23)15-4-3-9-24-15/h3-9,11H,10H2,1-2H3,(H,18,22)(H,19,21)(H,20,23). The van der Waals surface area contributed by atoms with E-state index in [2.05, 4.69) is 16.0 Å². The molecule has 2 rings (SSSR count). The third-order valence-electron chi connectivity index (χ3n) is 3.24. The molecule has 1 unspecified atom stereocenters. The van der Waals surface area contributed by atoms with E-state index in [0.29, 0.717) is 12.2 Å². The molecule has 3 amide bonds. The van der Waals surface area contributed by atoms with Crippen LogP contribution in [-0.4, -0.2) is 23.8 Å². The van der Waals surface area contributed by atoms with Crippen LogP contribution in [0.25, 0.3) is 0 Å². The topological polar surface area (TPSA) is 100 Å². The molecule has 1 aromatic carbocycles. The van der Waals surface area contributed by atoms with Gasteiger partial charge < -0.3 is 20.4 Å². The molecule has 0 spiro atoms. The zero-order valence-electron chi connectivity index (χ0n) is 13.5. The van der Waals surface area contributed by atoms with Crippen molar-refractivity contribution in [3.8, 4) is 0 Å². The SMILES string of the molecule is CC(=O)NC(C)C(=O)NCc1ccc(NC(=O)c2ccco2)cc1. The summed E-state index contributed by atoms with van der Waals surface area (Å²) in [4.78, 5) is 34.6. The summed E-state index contributed by atoms with van der Waals surface area (Å²) < 4.78 is 5.02. The smallest absolute Gasteiger partial charge is 0.291 e. The molecule has 0 radical (unpaired) electrons. The van der Waals surface area contributed by atoms with Crippen LogP contribution in [0, 0.1) is 0 Å². The van der Waals surface area contributed by atoms with Crippen molar-refractivity contribution in [3.63, 3.8) is 0 Å². The lowest BCUT2D eigenvalue weighted by molar-refractivity contribution is -0.127. The minimum Gasteiger partial charge on any atom is -0.459 e. The predicted molar refractivity (Wildman–Crippen MR) is 88.2 cm³/mol. The number of carbonyl (C=O) groups is 3. The van der Waals surface area contributed by atoms with E-state index in [-0.39, 0.29) is 23.5 Å². The van der Waals surface area contributed by atoms with Crippen molar-refractivity contribution in [2.45, 2.75) is 26.4 Å². The van der Waals surface area contributed by atoms with E-state index >= 15 is 0 Å². The number of benzene rings is 1. The largest absolute Gasteiger partial charge is 0.459 e. The third-order valence-corrected chi connectivity index (χ3v) is 3.24. The summed E-state index contributed by atoms with van der Waals surface area (Å²) in [6.45, 7) is 3.30. The second kappa shape index (κ2) is 7.96. The van der Waals surface area contributed by atoms with Gasteiger partial charge in [-0.3, -0.25) is 14.4 Å². The van der Waals surface area contributed by atoms with Gasteiger partial charge in [0.05, 0.1) is 6.26 Å². The molecule has 2 aromatic rings. The van der Waals surface area contributed by atoms with E-state index in [9.17, 15) is 14.4 Å². The molecule has 0 aliphatic rings. The van der Waals surface area contributed by atoms with Crippen LogP contribution in [0.2, 0.25) is 0 Å². The van der Waals surface area contributed by atoms with Gasteiger partial charge >= 0.3 is 0 Å². The van der Waals surface area contributed by atoms with Crippen molar-refractivity contribution in [1.82, 2.24) is 10.6 Å². The lowest BCUT2D eigenvalue weighted by atomic mass is 10.2. The van der Waals surface area contributed by atoms with Crippen LogP contribution in [0.3, 0.4) is 0 Å². The predicted octanol–water partition coefficient (Wildman–Crippen LogP) is 1.67. The first kappa shape index (κ1) is 17.3. The van der Waals surface area contributed by atoms with E-state index in [1.807, 2.05) is 0 Å². The van der Waals surface area contributed by atoms with Gasteiger partial charge in [-0.2, -0.15) is 0 Å². The Morgan fingerprint density at radius 3 is 2.42 bits per heavy atom. The lowest BCUT2D eigenvalue weighted by Gasteiger charge is -2.13. The zero-order valence-corrected chi connectivity index (χ0v) is 13.5. The Morgan fingerprint density at radius 2 is 1.83 bits per heavy atom. The Hall–Kier alpha value is -3.09. The average molecular weight is 329 g/mol. The van der Waals surface area contributed by atoms with Gasteiger partial charge in [0.25, 0.3) is 5.91 Å². The molecule has 126 valence electrons. The van der Waals surface area contributed by atoms with Gasteiger partial charge in [-0.1, -0.05) is 12.1 Å². The minimum atomic E-state index is -0.589. The molecule has 0 aliphatic heterocycles. The summed E-state index contributed by atoms with van der Waals surface area (Å²) in [6.07, 6.45) is 1.43. The van der Waals surface area contributed by atoms with Crippen LogP contribution >= 0.6 is 0 Å². The van der Waals surface area contributed by atoms with Gasteiger partial charge in [0.2, 0.25) is 11.8 Å². The molecule has 1 atom stereocenters. The molecular weight excluding hydrogens is 310 g/mol. The van der Waals surface area contributed by atoms with E-state index in [1.165, 1.54) is 13.2 Å². The molecule has 24 heavy (non-hydrogen) atoms. The van der Waals surface area contributed by atoms with Crippen molar-refractivity contribution >= 4 is 23.4 Å². The molecule has 0 saturated carbocycles. The normalized spacial score (nSPS) is 11.4. The fourth-order valence-electron chi connectivity index (χ4n) is 2.02. The first-order chi connectivity index (χ1) is 11.5. The first-order valence-electron chi connectivity index (χ1n) is 7.44. The number of anilines is 1. The van der Waals surface area contributed by atoms with Crippen LogP contribution < -0.4 is 16.0 Å². The van der Waals surface area contributed by atoms with Crippen molar-refractivity contribution in [2.24, 2.45) is 0 Å². The first-order valence-corrected chi connectivity index (χ1v) is 7.44. The maximum absolute atomic E-state index is 11.8. The molecule has 0 saturated heterocycles. The van der Waals surface area contributed by atoms with Gasteiger partial charge in [-0.15, -0.1) is 0 Å². The Balaban J connectivity index is 1.85. The van der Waals surface area contributed by atoms with Crippen LogP contribution in [0.5, 0.6) is 0 Å². The molecule has 0 bridgehead atoms. The van der Waals surface area contributed by atoms with E-state index in [4.69, 9.17) is 4.42 Å². The monoisotopic (exact) mass is 329 g/mol. The van der Waals surface area contributed by atoms with Crippen LogP contribution in [-0.2, 0) is 16.1 Å². The molecule has 1 aromatic heterocycles. The second-order valence-electron chi connectivity index (χ2n) is 5.27. The molecule has 7 nitrogen and oxygen atoms in total. The van der Waals surface area contributed by atoms with Crippen molar-refractivity contribution < 1.29 is 18.8 Å². The summed E-state index contributed by atoms with van der Waals surface area (Å²) in [5.41, 5.74) is 1.49. The van der Waals surface area contributed by atoms with Gasteiger partial charge in [0.1, 0.15) is 6.04 Å². The maximum atomic E-state index is 11.8. The number of furan rings is 1. The molecule has 3 N–H and O–H groups in total. The lowest BCUT2D eigenvalue weighted by Crippen LogP contribution is -2.43. The van der Waals surface area contributed by atoms with Gasteiger partial charge in [-0.25, -0.2) is 0 Å². The van der Waals surface area contributed by atoms with Crippen LogP contribution in [0.15, 0.2) is 47.1 Å². The fraction of sp³-hybridized carbons (Fsp3) is 0.235. The highest BCUT2D eigenvalue weighted by molar-refractivity contribution is 6.02. The van der Waals surface area contributed by atoms with Crippen molar-refractivity contribution in [3.05, 3.63) is 54.0 Å². The maximum Gasteiger partial charge on any atom is 0.291 e. The third kappa shape index (κ3) is 4.98. The Kier molecular flexibility index (Phi) is 5.73. The minimum absolute atomic E-state index is 0.235. The van der Waals surface area contributed by atoms with Crippen LogP contribution in [0.4, 0.5) is 5.69 Å². The quantitative estimate of drug-likeness (QED) is 0.750. The average Bonchev–Trinajstić information content (AvgIpc) is 3.07.